The molecule has 16 amide bonds. The molecule has 43 heteroatoms. The number of hydrogen-bond donors (Lipinski definition) is 24. The molecule has 2 rings (SSSR count). The number of amides is 16. The molecular formula is C70H116N20O23. The first kappa shape index (κ1) is 98.2. The maximum absolute atomic E-state index is 14.2. The summed E-state index contributed by atoms with van der Waals surface area (Å²) in [5.74, 6) is -18.8. The number of hydrogen-bond acceptors (Lipinski definition) is 24. The van der Waals surface area contributed by atoms with Crippen LogP contribution < -0.4 is 97.8 Å². The third kappa shape index (κ3) is 35.1. The van der Waals surface area contributed by atoms with E-state index in [2.05, 4.69) is 68.8 Å². The lowest BCUT2D eigenvalue weighted by Crippen LogP contribution is -2.62. The second-order valence-electron chi connectivity index (χ2n) is 28.6. The molecule has 0 aliphatic carbocycles. The van der Waals surface area contributed by atoms with Crippen molar-refractivity contribution in [2.75, 3.05) is 32.8 Å². The molecule has 1 fully saturated rings. The molecular weight excluding hydrogens is 1490 g/mol. The molecule has 0 saturated carbocycles. The summed E-state index contributed by atoms with van der Waals surface area (Å²) in [4.78, 5) is 233. The molecule has 0 unspecified atom stereocenters. The van der Waals surface area contributed by atoms with Crippen molar-refractivity contribution in [3.05, 3.63) is 29.8 Å². The number of nitrogens with one attached hydrogen (secondary N) is 13. The first-order valence-corrected chi connectivity index (χ1v) is 37.0. The second-order valence-corrected chi connectivity index (χ2v) is 28.6. The Morgan fingerprint density at radius 1 is 0.504 bits per heavy atom. The van der Waals surface area contributed by atoms with E-state index in [9.17, 15) is 112 Å². The number of nitrogens with two attached hydrogens (primary N) is 5. The molecule has 1 aromatic carbocycles. The van der Waals surface area contributed by atoms with E-state index in [4.69, 9.17) is 28.7 Å². The number of likely N-dealkylation sites (tertiary alicyclic amines) is 1. The summed E-state index contributed by atoms with van der Waals surface area (Å²) in [6, 6.07) is -14.7. The van der Waals surface area contributed by atoms with Gasteiger partial charge in [-0.1, -0.05) is 60.1 Å². The fourth-order valence-corrected chi connectivity index (χ4v) is 11.4. The molecule has 113 heavy (non-hydrogen) atoms. The van der Waals surface area contributed by atoms with Crippen LogP contribution >= 0.6 is 0 Å². The van der Waals surface area contributed by atoms with Gasteiger partial charge in [-0.05, 0) is 115 Å². The van der Waals surface area contributed by atoms with Gasteiger partial charge in [-0.2, -0.15) is 0 Å². The molecule has 17 atom stereocenters. The van der Waals surface area contributed by atoms with Gasteiger partial charge in [0, 0.05) is 32.4 Å². The highest BCUT2D eigenvalue weighted by Crippen LogP contribution is 2.22. The number of phenolic OH excluding ortho intramolecular Hbond substituents is 1. The number of aliphatic carboxylic acids is 1. The summed E-state index contributed by atoms with van der Waals surface area (Å²) in [6.07, 6.45) is -6.13. The van der Waals surface area contributed by atoms with E-state index in [1.165, 1.54) is 31.2 Å². The molecule has 43 nitrogen and oxygen atoms in total. The third-order valence-electron chi connectivity index (χ3n) is 17.9. The van der Waals surface area contributed by atoms with Crippen molar-refractivity contribution < 1.29 is 112 Å². The Labute approximate surface area is 653 Å². The van der Waals surface area contributed by atoms with E-state index in [1.807, 2.05) is 5.32 Å². The molecule has 0 spiro atoms. The first-order chi connectivity index (χ1) is 52.8. The molecule has 1 aliphatic rings. The Morgan fingerprint density at radius 3 is 1.46 bits per heavy atom. The minimum atomic E-state index is -1.85. The Bertz CT molecular complexity index is 3490. The maximum Gasteiger partial charge on any atom is 0.328 e. The van der Waals surface area contributed by atoms with Crippen LogP contribution in [0.1, 0.15) is 145 Å². The Morgan fingerprint density at radius 2 is 0.956 bits per heavy atom. The van der Waals surface area contributed by atoms with Gasteiger partial charge < -0.3 is 133 Å². The van der Waals surface area contributed by atoms with Gasteiger partial charge in [0.25, 0.3) is 0 Å². The van der Waals surface area contributed by atoms with Crippen molar-refractivity contribution in [3.8, 4) is 5.75 Å². The highest BCUT2D eigenvalue weighted by atomic mass is 16.4. The third-order valence-corrected chi connectivity index (χ3v) is 17.9. The number of aromatic hydroxyl groups is 1. The van der Waals surface area contributed by atoms with Gasteiger partial charge in [-0.3, -0.25) is 81.7 Å². The lowest BCUT2D eigenvalue weighted by Gasteiger charge is -2.32. The number of rotatable bonds is 50. The lowest BCUT2D eigenvalue weighted by molar-refractivity contribution is -0.146. The number of guanidine groups is 1. The summed E-state index contributed by atoms with van der Waals surface area (Å²) in [5.41, 5.74) is 27.7. The van der Waals surface area contributed by atoms with Gasteiger partial charge >= 0.3 is 5.97 Å². The Kier molecular flexibility index (Phi) is 42.4. The van der Waals surface area contributed by atoms with E-state index < -0.39 is 242 Å². The molecule has 0 aromatic heterocycles. The quantitative estimate of drug-likeness (QED) is 0.0164. The molecule has 1 heterocycles. The van der Waals surface area contributed by atoms with Crippen LogP contribution in [0.25, 0.3) is 0 Å². The van der Waals surface area contributed by atoms with Crippen molar-refractivity contribution in [1.29, 1.82) is 0 Å². The van der Waals surface area contributed by atoms with Gasteiger partial charge in [0.05, 0.1) is 44.1 Å². The number of aliphatic hydroxyl groups excluding tert-OH is 4. The molecule has 0 radical (unpaired) electrons. The van der Waals surface area contributed by atoms with E-state index in [1.54, 1.807) is 41.5 Å². The standard InChI is InChI=1S/C70H116N20O23/c1-11-34(6)53(86-65(108)48-15-13-25-90(48)68(111)55(37(9)93)88-64(107)47(31-91)85-61(104)43(21-23-50(73)97)82-58(101)41(71)14-12-24-76-70(74)75)66(109)78-30-52(99)81-44(26-32(2)3)59(102)77-29-51(98)80-42(20-22-49(72)96)60(103)79-35(7)57(100)83-45(27-33(4)5)62(105)84-46(28-39-16-18-40(95)19-17-39)63(106)87-54(36(8)92)67(110)89-56(38(10)94)69(112)113/h16-19,32-38,41-48,53-56,91-95H,11-15,20-31,71H2,1-10H3,(H2,72,96)(H2,73,97)(H,77,102)(H,78,109)(H,79,103)(H,80,98)(H,81,99)(H,82,101)(H,83,100)(H,84,105)(H,85,104)(H,86,108)(H,87,106)(H,88,107)(H,89,110)(H,112,113)(H4,74,75,76)/t34-,35-,36+,37+,38+,41-,42-,43-,44-,45-,46-,47-,48-,53-,54-,55-,56-/m0/s1. The molecule has 0 bridgehead atoms. The van der Waals surface area contributed by atoms with Gasteiger partial charge in [0.15, 0.2) is 12.0 Å². The van der Waals surface area contributed by atoms with E-state index >= 15 is 0 Å². The zero-order valence-corrected chi connectivity index (χ0v) is 65.2. The lowest BCUT2D eigenvalue weighted by atomic mass is 9.97. The second kappa shape index (κ2) is 48.8. The summed E-state index contributed by atoms with van der Waals surface area (Å²) in [6.45, 7) is 12.1. The Balaban J connectivity index is 2.22. The van der Waals surface area contributed by atoms with E-state index in [-0.39, 0.29) is 94.4 Å². The zero-order chi connectivity index (χ0) is 85.8. The topological polar surface area (TPSA) is 714 Å². The maximum atomic E-state index is 14.2. The van der Waals surface area contributed by atoms with Crippen molar-refractivity contribution in [2.24, 2.45) is 51.4 Å². The highest BCUT2D eigenvalue weighted by Gasteiger charge is 2.43. The van der Waals surface area contributed by atoms with Crippen molar-refractivity contribution in [1.82, 2.24) is 74.0 Å². The van der Waals surface area contributed by atoms with Crippen molar-refractivity contribution >= 4 is 106 Å². The predicted molar refractivity (Wildman–Crippen MR) is 402 cm³/mol. The number of carbonyl (C=O) groups excluding carboxylic acids is 16. The summed E-state index contributed by atoms with van der Waals surface area (Å²) < 4.78 is 0. The van der Waals surface area contributed by atoms with Crippen molar-refractivity contribution in [3.63, 3.8) is 0 Å². The fourth-order valence-electron chi connectivity index (χ4n) is 11.4. The van der Waals surface area contributed by atoms with Crippen LogP contribution in [0.4, 0.5) is 0 Å². The SMILES string of the molecule is CC[C@H](C)[C@H](NC(=O)[C@@H]1CCCN1C(=O)[C@@H](NC(=O)[C@H](CO)NC(=O)[C@H](CCC(N)=O)NC(=O)[C@@H](N)CCCN=C(N)N)[C@@H](C)O)C(=O)NCC(=O)N[C@@H](CC(C)C)C(=O)NCC(=O)N[C@@H](CCC(N)=O)C(=O)N[C@@H](C)C(=O)N[C@@H](CC(C)C)C(=O)N[C@@H](Cc1ccc(O)cc1)C(=O)N[C@H](C(=O)N[C@H](C(=O)O)[C@@H](C)O)[C@@H](C)O. The molecule has 1 aromatic rings. The van der Waals surface area contributed by atoms with Crippen LogP contribution in [0, 0.1) is 17.8 Å². The first-order valence-electron chi connectivity index (χ1n) is 37.0. The van der Waals surface area contributed by atoms with Crippen LogP contribution in [0.5, 0.6) is 5.75 Å². The van der Waals surface area contributed by atoms with E-state index in [0.29, 0.717) is 5.56 Å². The molecule has 634 valence electrons. The van der Waals surface area contributed by atoms with Gasteiger partial charge in [-0.15, -0.1) is 0 Å². The largest absolute Gasteiger partial charge is 0.508 e. The van der Waals surface area contributed by atoms with Gasteiger partial charge in [-0.25, -0.2) is 4.79 Å². The number of nitrogens with zero attached hydrogens (tertiary/aromatic N) is 2. The van der Waals surface area contributed by atoms with Crippen LogP contribution in [0.2, 0.25) is 0 Å². The predicted octanol–water partition coefficient (Wildman–Crippen LogP) is -9.22. The van der Waals surface area contributed by atoms with Crippen molar-refractivity contribution in [2.45, 2.75) is 243 Å². The zero-order valence-electron chi connectivity index (χ0n) is 65.2. The number of carboxylic acid groups (broad SMARTS) is 1. The number of phenols is 1. The van der Waals surface area contributed by atoms with E-state index in [0.717, 1.165) is 25.7 Å². The van der Waals surface area contributed by atoms with Gasteiger partial charge in [0.1, 0.15) is 72.2 Å². The van der Waals surface area contributed by atoms with Gasteiger partial charge in [0.2, 0.25) is 94.5 Å². The van der Waals surface area contributed by atoms with Crippen LogP contribution in [0.15, 0.2) is 29.3 Å². The minimum absolute atomic E-state index is 0.0241. The summed E-state index contributed by atoms with van der Waals surface area (Å²) >= 11 is 0. The Hall–Kier alpha value is -10.9. The number of aliphatic hydroxyl groups is 4. The fraction of sp³-hybridized carbons (Fsp3) is 0.657. The normalized spacial score (nSPS) is 16.8. The minimum Gasteiger partial charge on any atom is -0.508 e. The summed E-state index contributed by atoms with van der Waals surface area (Å²) in [5, 5.41) is 92.0. The molecule has 29 N–H and O–H groups in total. The average Bonchev–Trinajstić information content (AvgIpc) is 1.73. The highest BCUT2D eigenvalue weighted by molar-refractivity contribution is 6.00. The van der Waals surface area contributed by atoms with Crippen LogP contribution in [-0.4, -0.2) is 272 Å². The molecule has 1 aliphatic heterocycles. The molecule has 1 saturated heterocycles. The van der Waals surface area contributed by atoms with Crippen LogP contribution in [-0.2, 0) is 87.9 Å². The number of primary amides is 2. The monoisotopic (exact) mass is 1600 g/mol. The van der Waals surface area contributed by atoms with Crippen LogP contribution in [0.3, 0.4) is 0 Å². The average molecular weight is 1610 g/mol. The number of aliphatic imine (C=N–C) groups is 1. The number of carboxylic acids is 1. The number of benzene rings is 1. The summed E-state index contributed by atoms with van der Waals surface area (Å²) in [7, 11) is 0. The number of carbonyl (C=O) groups is 17. The smallest absolute Gasteiger partial charge is 0.328 e.